The number of aromatic nitrogens is 1. The molecule has 1 aromatic rings. The summed E-state index contributed by atoms with van der Waals surface area (Å²) in [5.41, 5.74) is 2.68. The minimum absolute atomic E-state index is 0.792. The van der Waals surface area contributed by atoms with Crippen LogP contribution in [0.15, 0.2) is 18.3 Å². The summed E-state index contributed by atoms with van der Waals surface area (Å²) in [5.74, 6) is 0.792. The standard InChI is InChI=1S/C11H15N/c1-2-3-9-4-7-11(12-8-9)10-5-6-10/h4,7-8,10H,2-3,5-6H2,1H3. The van der Waals surface area contributed by atoms with Crippen molar-refractivity contribution < 1.29 is 0 Å². The molecule has 0 atom stereocenters. The van der Waals surface area contributed by atoms with E-state index in [4.69, 9.17) is 0 Å². The van der Waals surface area contributed by atoms with Crippen molar-refractivity contribution in [1.82, 2.24) is 4.98 Å². The summed E-state index contributed by atoms with van der Waals surface area (Å²) < 4.78 is 0. The van der Waals surface area contributed by atoms with Crippen LogP contribution in [0.25, 0.3) is 0 Å². The van der Waals surface area contributed by atoms with Crippen LogP contribution in [-0.4, -0.2) is 4.98 Å². The molecular weight excluding hydrogens is 146 g/mol. The Kier molecular flexibility index (Phi) is 2.11. The normalized spacial score (nSPS) is 16.4. The molecule has 0 bridgehead atoms. The van der Waals surface area contributed by atoms with E-state index in [9.17, 15) is 0 Å². The molecule has 0 unspecified atom stereocenters. The zero-order valence-electron chi connectivity index (χ0n) is 7.59. The summed E-state index contributed by atoms with van der Waals surface area (Å²) in [7, 11) is 0. The van der Waals surface area contributed by atoms with Gasteiger partial charge in [0.1, 0.15) is 0 Å². The monoisotopic (exact) mass is 161 g/mol. The minimum Gasteiger partial charge on any atom is -0.261 e. The van der Waals surface area contributed by atoms with Crippen molar-refractivity contribution in [1.29, 1.82) is 0 Å². The predicted molar refractivity (Wildman–Crippen MR) is 50.2 cm³/mol. The van der Waals surface area contributed by atoms with Gasteiger partial charge in [0.05, 0.1) is 0 Å². The first kappa shape index (κ1) is 7.78. The van der Waals surface area contributed by atoms with Gasteiger partial charge in [-0.05, 0) is 30.9 Å². The Hall–Kier alpha value is -0.850. The van der Waals surface area contributed by atoms with Gasteiger partial charge in [-0.25, -0.2) is 0 Å². The van der Waals surface area contributed by atoms with E-state index in [0.717, 1.165) is 12.3 Å². The molecule has 0 aliphatic heterocycles. The fourth-order valence-corrected chi connectivity index (χ4v) is 1.49. The van der Waals surface area contributed by atoms with Crippen molar-refractivity contribution in [3.63, 3.8) is 0 Å². The van der Waals surface area contributed by atoms with Crippen LogP contribution in [0, 0.1) is 0 Å². The Bertz CT molecular complexity index is 246. The third kappa shape index (κ3) is 1.66. The van der Waals surface area contributed by atoms with Crippen LogP contribution >= 0.6 is 0 Å². The molecule has 1 nitrogen and oxygen atoms in total. The first-order chi connectivity index (χ1) is 5.90. The maximum atomic E-state index is 4.46. The smallest absolute Gasteiger partial charge is 0.0434 e. The quantitative estimate of drug-likeness (QED) is 0.664. The third-order valence-corrected chi connectivity index (χ3v) is 2.38. The van der Waals surface area contributed by atoms with E-state index in [-0.39, 0.29) is 0 Å². The lowest BCUT2D eigenvalue weighted by molar-refractivity contribution is 0.902. The van der Waals surface area contributed by atoms with Crippen LogP contribution in [0.5, 0.6) is 0 Å². The predicted octanol–water partition coefficient (Wildman–Crippen LogP) is 2.91. The molecule has 0 saturated heterocycles. The summed E-state index contributed by atoms with van der Waals surface area (Å²) >= 11 is 0. The van der Waals surface area contributed by atoms with Crippen molar-refractivity contribution in [2.45, 2.75) is 38.5 Å². The van der Waals surface area contributed by atoms with E-state index in [2.05, 4.69) is 24.0 Å². The molecule has 1 saturated carbocycles. The second-order valence-corrected chi connectivity index (χ2v) is 3.62. The molecule has 0 spiro atoms. The van der Waals surface area contributed by atoms with Crippen LogP contribution < -0.4 is 0 Å². The fourth-order valence-electron chi connectivity index (χ4n) is 1.49. The number of nitrogens with zero attached hydrogens (tertiary/aromatic N) is 1. The number of aryl methyl sites for hydroxylation is 1. The maximum absolute atomic E-state index is 4.46. The van der Waals surface area contributed by atoms with Crippen LogP contribution in [-0.2, 0) is 6.42 Å². The molecule has 0 radical (unpaired) electrons. The molecule has 1 aliphatic rings. The van der Waals surface area contributed by atoms with Crippen molar-refractivity contribution in [2.75, 3.05) is 0 Å². The van der Waals surface area contributed by atoms with Gasteiger partial charge >= 0.3 is 0 Å². The summed E-state index contributed by atoms with van der Waals surface area (Å²) in [4.78, 5) is 4.46. The summed E-state index contributed by atoms with van der Waals surface area (Å²) in [6.07, 6.45) is 7.11. The van der Waals surface area contributed by atoms with E-state index in [1.807, 2.05) is 6.20 Å². The van der Waals surface area contributed by atoms with Crippen molar-refractivity contribution in [3.8, 4) is 0 Å². The van der Waals surface area contributed by atoms with Gasteiger partial charge in [-0.3, -0.25) is 4.98 Å². The van der Waals surface area contributed by atoms with Crippen molar-refractivity contribution in [2.24, 2.45) is 0 Å². The van der Waals surface area contributed by atoms with E-state index in [1.165, 1.54) is 30.5 Å². The van der Waals surface area contributed by atoms with E-state index >= 15 is 0 Å². The largest absolute Gasteiger partial charge is 0.261 e. The average Bonchev–Trinajstić information content (AvgIpc) is 2.89. The average molecular weight is 161 g/mol. The van der Waals surface area contributed by atoms with Crippen LogP contribution in [0.2, 0.25) is 0 Å². The molecule has 1 aromatic heterocycles. The number of hydrogen-bond donors (Lipinski definition) is 0. The first-order valence-electron chi connectivity index (χ1n) is 4.85. The maximum Gasteiger partial charge on any atom is 0.0434 e. The highest BCUT2D eigenvalue weighted by Crippen LogP contribution is 2.38. The highest BCUT2D eigenvalue weighted by molar-refractivity contribution is 5.19. The summed E-state index contributed by atoms with van der Waals surface area (Å²) in [5, 5.41) is 0. The molecule has 1 heteroatoms. The van der Waals surface area contributed by atoms with Gasteiger partial charge in [0.2, 0.25) is 0 Å². The van der Waals surface area contributed by atoms with Gasteiger partial charge in [0.15, 0.2) is 0 Å². The van der Waals surface area contributed by atoms with Gasteiger partial charge in [-0.1, -0.05) is 19.4 Å². The third-order valence-electron chi connectivity index (χ3n) is 2.38. The number of hydrogen-bond acceptors (Lipinski definition) is 1. The lowest BCUT2D eigenvalue weighted by Crippen LogP contribution is -1.89. The lowest BCUT2D eigenvalue weighted by Gasteiger charge is -1.99. The summed E-state index contributed by atoms with van der Waals surface area (Å²) in [6, 6.07) is 4.42. The van der Waals surface area contributed by atoms with Gasteiger partial charge < -0.3 is 0 Å². The molecule has 0 aromatic carbocycles. The number of pyridine rings is 1. The zero-order valence-corrected chi connectivity index (χ0v) is 7.59. The van der Waals surface area contributed by atoms with Gasteiger partial charge in [-0.15, -0.1) is 0 Å². The second-order valence-electron chi connectivity index (χ2n) is 3.62. The van der Waals surface area contributed by atoms with Gasteiger partial charge in [0.25, 0.3) is 0 Å². The molecule has 1 aliphatic carbocycles. The van der Waals surface area contributed by atoms with E-state index in [1.54, 1.807) is 0 Å². The molecule has 64 valence electrons. The molecular formula is C11H15N. The molecule has 2 rings (SSSR count). The Labute approximate surface area is 73.8 Å². The Morgan fingerprint density at radius 1 is 1.42 bits per heavy atom. The summed E-state index contributed by atoms with van der Waals surface area (Å²) in [6.45, 7) is 2.20. The molecule has 0 N–H and O–H groups in total. The lowest BCUT2D eigenvalue weighted by atomic mass is 10.1. The fraction of sp³-hybridized carbons (Fsp3) is 0.545. The number of rotatable bonds is 3. The van der Waals surface area contributed by atoms with Crippen LogP contribution in [0.4, 0.5) is 0 Å². The second kappa shape index (κ2) is 3.26. The Balaban J connectivity index is 2.08. The van der Waals surface area contributed by atoms with E-state index in [0.29, 0.717) is 0 Å². The van der Waals surface area contributed by atoms with E-state index < -0.39 is 0 Å². The molecule has 0 amide bonds. The van der Waals surface area contributed by atoms with Gasteiger partial charge in [0, 0.05) is 17.8 Å². The zero-order chi connectivity index (χ0) is 8.39. The van der Waals surface area contributed by atoms with Crippen molar-refractivity contribution >= 4 is 0 Å². The molecule has 12 heavy (non-hydrogen) atoms. The molecule has 1 heterocycles. The van der Waals surface area contributed by atoms with Gasteiger partial charge in [-0.2, -0.15) is 0 Å². The molecule has 1 fully saturated rings. The highest BCUT2D eigenvalue weighted by Gasteiger charge is 2.24. The van der Waals surface area contributed by atoms with Crippen LogP contribution in [0.1, 0.15) is 43.4 Å². The first-order valence-corrected chi connectivity index (χ1v) is 4.85. The SMILES string of the molecule is CCCc1ccc(C2CC2)nc1. The highest BCUT2D eigenvalue weighted by atomic mass is 14.7. The van der Waals surface area contributed by atoms with Crippen molar-refractivity contribution in [3.05, 3.63) is 29.6 Å². The Morgan fingerprint density at radius 3 is 2.75 bits per heavy atom. The minimum atomic E-state index is 0.792. The topological polar surface area (TPSA) is 12.9 Å². The van der Waals surface area contributed by atoms with Crippen LogP contribution in [0.3, 0.4) is 0 Å². The Morgan fingerprint density at radius 2 is 2.25 bits per heavy atom.